The number of hydrogen-bond donors (Lipinski definition) is 0. The minimum Gasteiger partial charge on any atom is -0.203 e. The summed E-state index contributed by atoms with van der Waals surface area (Å²) in [5, 5.41) is 1.24. The van der Waals surface area contributed by atoms with Gasteiger partial charge < -0.3 is 0 Å². The lowest BCUT2D eigenvalue weighted by Crippen LogP contribution is -2.11. The van der Waals surface area contributed by atoms with Gasteiger partial charge in [0.1, 0.15) is 0 Å². The van der Waals surface area contributed by atoms with Crippen LogP contribution in [0, 0.1) is 17.6 Å². The van der Waals surface area contributed by atoms with Crippen molar-refractivity contribution in [2.45, 2.75) is 64.2 Å². The van der Waals surface area contributed by atoms with Gasteiger partial charge in [-0.3, -0.25) is 0 Å². The van der Waals surface area contributed by atoms with Crippen LogP contribution < -0.4 is 0 Å². The van der Waals surface area contributed by atoms with E-state index >= 15 is 0 Å². The SMILES string of the molecule is C=CC1CCC(c2ccc3cc(CCCCC)c(F)c(F)c3c2)CC1. The van der Waals surface area contributed by atoms with Gasteiger partial charge in [0.15, 0.2) is 11.6 Å². The van der Waals surface area contributed by atoms with E-state index in [4.69, 9.17) is 0 Å². The molecule has 1 aliphatic carbocycles. The Kier molecular flexibility index (Phi) is 5.88. The minimum absolute atomic E-state index is 0.431. The van der Waals surface area contributed by atoms with Crippen LogP contribution in [0.15, 0.2) is 36.9 Å². The standard InChI is InChI=1S/C23H28F2/c1-3-5-6-7-20-14-19-13-12-18(15-21(19)23(25)22(20)24)17-10-8-16(4-2)9-11-17/h4,12-17H,2-3,5-11H2,1H3. The molecule has 134 valence electrons. The molecule has 0 heterocycles. The Morgan fingerprint density at radius 2 is 1.80 bits per heavy atom. The molecule has 2 aromatic rings. The summed E-state index contributed by atoms with van der Waals surface area (Å²) in [6.45, 7) is 6.00. The summed E-state index contributed by atoms with van der Waals surface area (Å²) in [7, 11) is 0. The lowest BCUT2D eigenvalue weighted by Gasteiger charge is -2.27. The van der Waals surface area contributed by atoms with Crippen molar-refractivity contribution in [3.8, 4) is 0 Å². The van der Waals surface area contributed by atoms with E-state index in [0.717, 1.165) is 55.9 Å². The van der Waals surface area contributed by atoms with Crippen molar-refractivity contribution in [1.82, 2.24) is 0 Å². The van der Waals surface area contributed by atoms with Gasteiger partial charge >= 0.3 is 0 Å². The van der Waals surface area contributed by atoms with Gasteiger partial charge in [0.05, 0.1) is 0 Å². The number of fused-ring (bicyclic) bond motifs is 1. The second-order valence-corrected chi connectivity index (χ2v) is 7.45. The fraction of sp³-hybridized carbons (Fsp3) is 0.478. The summed E-state index contributed by atoms with van der Waals surface area (Å²) in [5.41, 5.74) is 1.66. The average molecular weight is 342 g/mol. The van der Waals surface area contributed by atoms with Gasteiger partial charge in [0, 0.05) is 5.39 Å². The maximum atomic E-state index is 14.6. The number of rotatable bonds is 6. The summed E-state index contributed by atoms with van der Waals surface area (Å²) in [4.78, 5) is 0. The first-order valence-electron chi connectivity index (χ1n) is 9.67. The molecule has 0 bridgehead atoms. The van der Waals surface area contributed by atoms with Crippen molar-refractivity contribution in [2.24, 2.45) is 5.92 Å². The Hall–Kier alpha value is -1.70. The molecule has 0 aromatic heterocycles. The van der Waals surface area contributed by atoms with Crippen LogP contribution in [0.4, 0.5) is 8.78 Å². The molecule has 0 nitrogen and oxygen atoms in total. The maximum absolute atomic E-state index is 14.6. The van der Waals surface area contributed by atoms with Crippen LogP contribution in [0.2, 0.25) is 0 Å². The zero-order chi connectivity index (χ0) is 17.8. The van der Waals surface area contributed by atoms with E-state index in [0.29, 0.717) is 29.2 Å². The van der Waals surface area contributed by atoms with Crippen LogP contribution >= 0.6 is 0 Å². The average Bonchev–Trinajstić information content (AvgIpc) is 2.65. The van der Waals surface area contributed by atoms with E-state index in [2.05, 4.69) is 19.6 Å². The Morgan fingerprint density at radius 1 is 1.04 bits per heavy atom. The molecule has 0 atom stereocenters. The van der Waals surface area contributed by atoms with Crippen LogP contribution in [0.1, 0.15) is 68.9 Å². The lowest BCUT2D eigenvalue weighted by atomic mass is 9.78. The van der Waals surface area contributed by atoms with E-state index < -0.39 is 11.6 Å². The number of benzene rings is 2. The molecule has 1 fully saturated rings. The number of unbranched alkanes of at least 4 members (excludes halogenated alkanes) is 2. The second kappa shape index (κ2) is 8.12. The molecular formula is C23H28F2. The first-order chi connectivity index (χ1) is 12.1. The van der Waals surface area contributed by atoms with Gasteiger partial charge in [-0.05, 0) is 79.0 Å². The highest BCUT2D eigenvalue weighted by Gasteiger charge is 2.22. The molecule has 3 rings (SSSR count). The molecule has 0 radical (unpaired) electrons. The van der Waals surface area contributed by atoms with Gasteiger partial charge in [-0.1, -0.05) is 38.0 Å². The van der Waals surface area contributed by atoms with Crippen molar-refractivity contribution < 1.29 is 8.78 Å². The van der Waals surface area contributed by atoms with E-state index in [1.165, 1.54) is 0 Å². The van der Waals surface area contributed by atoms with Gasteiger partial charge in [-0.15, -0.1) is 6.58 Å². The fourth-order valence-electron chi connectivity index (χ4n) is 4.09. The third-order valence-electron chi connectivity index (χ3n) is 5.74. The molecule has 0 aliphatic heterocycles. The number of allylic oxidation sites excluding steroid dienone is 1. The Labute approximate surface area is 149 Å². The molecule has 1 saturated carbocycles. The van der Waals surface area contributed by atoms with Crippen molar-refractivity contribution in [2.75, 3.05) is 0 Å². The second-order valence-electron chi connectivity index (χ2n) is 7.45. The Balaban J connectivity index is 1.86. The predicted molar refractivity (Wildman–Crippen MR) is 102 cm³/mol. The van der Waals surface area contributed by atoms with Crippen LogP contribution in [-0.2, 0) is 6.42 Å². The van der Waals surface area contributed by atoms with E-state index in [1.807, 2.05) is 24.3 Å². The normalized spacial score (nSPS) is 20.8. The Morgan fingerprint density at radius 3 is 2.48 bits per heavy atom. The fourth-order valence-corrected chi connectivity index (χ4v) is 4.09. The smallest absolute Gasteiger partial charge is 0.166 e. The molecule has 0 N–H and O–H groups in total. The predicted octanol–water partition coefficient (Wildman–Crippen LogP) is 7.31. The molecule has 0 spiro atoms. The summed E-state index contributed by atoms with van der Waals surface area (Å²) in [6.07, 6.45) is 10.2. The largest absolute Gasteiger partial charge is 0.203 e. The number of hydrogen-bond acceptors (Lipinski definition) is 0. The molecule has 2 aromatic carbocycles. The summed E-state index contributed by atoms with van der Waals surface area (Å²) in [5.74, 6) is -0.273. The number of halogens is 2. The minimum atomic E-state index is -0.675. The van der Waals surface area contributed by atoms with Gasteiger partial charge in [0.25, 0.3) is 0 Å². The summed E-state index contributed by atoms with van der Waals surface area (Å²) >= 11 is 0. The van der Waals surface area contributed by atoms with Crippen LogP contribution in [0.25, 0.3) is 10.8 Å². The highest BCUT2D eigenvalue weighted by atomic mass is 19.2. The van der Waals surface area contributed by atoms with Gasteiger partial charge in [-0.2, -0.15) is 0 Å². The van der Waals surface area contributed by atoms with Crippen molar-refractivity contribution in [3.05, 3.63) is 59.7 Å². The van der Waals surface area contributed by atoms with Crippen LogP contribution in [0.3, 0.4) is 0 Å². The highest BCUT2D eigenvalue weighted by molar-refractivity contribution is 5.85. The van der Waals surface area contributed by atoms with Crippen LogP contribution in [-0.4, -0.2) is 0 Å². The molecular weight excluding hydrogens is 314 g/mol. The van der Waals surface area contributed by atoms with E-state index in [9.17, 15) is 8.78 Å². The third-order valence-corrected chi connectivity index (χ3v) is 5.74. The quantitative estimate of drug-likeness (QED) is 0.381. The first-order valence-corrected chi connectivity index (χ1v) is 9.67. The van der Waals surface area contributed by atoms with Crippen LogP contribution in [0.5, 0.6) is 0 Å². The third kappa shape index (κ3) is 3.94. The zero-order valence-corrected chi connectivity index (χ0v) is 15.2. The molecule has 1 aliphatic rings. The highest BCUT2D eigenvalue weighted by Crippen LogP contribution is 2.37. The van der Waals surface area contributed by atoms with Gasteiger partial charge in [-0.25, -0.2) is 8.78 Å². The van der Waals surface area contributed by atoms with Gasteiger partial charge in [0.2, 0.25) is 0 Å². The number of aryl methyl sites for hydroxylation is 1. The lowest BCUT2D eigenvalue weighted by molar-refractivity contribution is 0.376. The van der Waals surface area contributed by atoms with Crippen molar-refractivity contribution in [1.29, 1.82) is 0 Å². The zero-order valence-electron chi connectivity index (χ0n) is 15.2. The topological polar surface area (TPSA) is 0 Å². The molecule has 0 saturated heterocycles. The van der Waals surface area contributed by atoms with Crippen molar-refractivity contribution in [3.63, 3.8) is 0 Å². The molecule has 25 heavy (non-hydrogen) atoms. The first kappa shape index (κ1) is 18.1. The Bertz CT molecular complexity index is 739. The maximum Gasteiger partial charge on any atom is 0.166 e. The van der Waals surface area contributed by atoms with Crippen molar-refractivity contribution >= 4 is 10.8 Å². The van der Waals surface area contributed by atoms with E-state index in [1.54, 1.807) is 0 Å². The summed E-state index contributed by atoms with van der Waals surface area (Å²) in [6, 6.07) is 7.79. The monoisotopic (exact) mass is 342 g/mol. The molecule has 0 unspecified atom stereocenters. The summed E-state index contributed by atoms with van der Waals surface area (Å²) < 4.78 is 29.1. The molecule has 2 heteroatoms. The van der Waals surface area contributed by atoms with E-state index in [-0.39, 0.29) is 0 Å². The molecule has 0 amide bonds.